The normalized spacial score (nSPS) is 11.3. The van der Waals surface area contributed by atoms with Crippen molar-refractivity contribution >= 4 is 16.9 Å². The van der Waals surface area contributed by atoms with Gasteiger partial charge >= 0.3 is 5.97 Å². The van der Waals surface area contributed by atoms with Crippen LogP contribution < -0.4 is 9.47 Å². The molecule has 0 amide bonds. The van der Waals surface area contributed by atoms with Crippen molar-refractivity contribution in [1.82, 2.24) is 4.90 Å². The molecule has 1 heterocycles. The molecule has 6 nitrogen and oxygen atoms in total. The molecule has 0 saturated heterocycles. The minimum Gasteiger partial charge on any atom is -0.497 e. The molecule has 0 saturated carbocycles. The average molecular weight is 536 g/mol. The summed E-state index contributed by atoms with van der Waals surface area (Å²) in [5.41, 5.74) is 4.89. The number of methoxy groups -OCH3 is 2. The molecule has 204 valence electrons. The van der Waals surface area contributed by atoms with E-state index in [0.717, 1.165) is 33.8 Å². The lowest BCUT2D eigenvalue weighted by molar-refractivity contribution is -0.136. The van der Waals surface area contributed by atoms with Crippen LogP contribution in [0.25, 0.3) is 11.0 Å². The van der Waals surface area contributed by atoms with Crippen LogP contribution in [0.2, 0.25) is 0 Å². The first-order chi connectivity index (χ1) is 19.5. The lowest BCUT2D eigenvalue weighted by Crippen LogP contribution is -2.31. The highest BCUT2D eigenvalue weighted by Gasteiger charge is 2.24. The van der Waals surface area contributed by atoms with Gasteiger partial charge in [0.25, 0.3) is 0 Å². The van der Waals surface area contributed by atoms with Crippen molar-refractivity contribution in [1.29, 1.82) is 0 Å². The fraction of sp³-hybridized carbons (Fsp3) is 0.206. The van der Waals surface area contributed by atoms with Crippen molar-refractivity contribution in [2.75, 3.05) is 20.8 Å². The maximum atomic E-state index is 11.2. The van der Waals surface area contributed by atoms with Crippen molar-refractivity contribution < 1.29 is 23.8 Å². The van der Waals surface area contributed by atoms with E-state index in [-0.39, 0.29) is 12.5 Å². The minimum absolute atomic E-state index is 0.000699. The van der Waals surface area contributed by atoms with Gasteiger partial charge in [-0.2, -0.15) is 0 Å². The Kier molecular flexibility index (Phi) is 8.47. The van der Waals surface area contributed by atoms with Crippen LogP contribution in [0.15, 0.2) is 108 Å². The zero-order valence-corrected chi connectivity index (χ0v) is 22.7. The van der Waals surface area contributed by atoms with Crippen LogP contribution >= 0.6 is 0 Å². The molecule has 0 radical (unpaired) electrons. The van der Waals surface area contributed by atoms with Gasteiger partial charge in [-0.25, -0.2) is 0 Å². The van der Waals surface area contributed by atoms with Crippen molar-refractivity contribution in [2.45, 2.75) is 25.4 Å². The van der Waals surface area contributed by atoms with Gasteiger partial charge in [-0.05, 0) is 34.9 Å². The van der Waals surface area contributed by atoms with Gasteiger partial charge in [0.2, 0.25) is 0 Å². The molecule has 6 heteroatoms. The first-order valence-corrected chi connectivity index (χ1v) is 13.3. The van der Waals surface area contributed by atoms with Crippen LogP contribution in [-0.2, 0) is 24.2 Å². The maximum absolute atomic E-state index is 11.2. The van der Waals surface area contributed by atoms with Crippen molar-refractivity contribution in [2.24, 2.45) is 0 Å². The number of aliphatic carboxylic acids is 1. The molecule has 4 aromatic carbocycles. The van der Waals surface area contributed by atoms with Crippen LogP contribution in [0.1, 0.15) is 34.1 Å². The SMILES string of the molecule is COc1ccc(CN(CCc2cc3ccc(CC(=O)O)cc3o2)C(c2ccccc2)c2ccccc2)c(OC)c1. The number of hydrogen-bond acceptors (Lipinski definition) is 5. The van der Waals surface area contributed by atoms with Gasteiger partial charge in [0.1, 0.15) is 22.8 Å². The molecule has 0 atom stereocenters. The predicted octanol–water partition coefficient (Wildman–Crippen LogP) is 6.91. The summed E-state index contributed by atoms with van der Waals surface area (Å²) in [6.45, 7) is 1.36. The molecule has 0 bridgehead atoms. The van der Waals surface area contributed by atoms with Crippen molar-refractivity contribution in [3.63, 3.8) is 0 Å². The number of carbonyl (C=O) groups is 1. The van der Waals surface area contributed by atoms with E-state index in [9.17, 15) is 4.79 Å². The van der Waals surface area contributed by atoms with Crippen molar-refractivity contribution in [3.8, 4) is 11.5 Å². The van der Waals surface area contributed by atoms with Crippen LogP contribution in [0.4, 0.5) is 0 Å². The van der Waals surface area contributed by atoms with Gasteiger partial charge in [0, 0.05) is 36.5 Å². The predicted molar refractivity (Wildman–Crippen MR) is 156 cm³/mol. The number of furan rings is 1. The smallest absolute Gasteiger partial charge is 0.307 e. The number of ether oxygens (including phenoxy) is 2. The van der Waals surface area contributed by atoms with E-state index in [4.69, 9.17) is 19.0 Å². The Bertz CT molecular complexity index is 1520. The zero-order chi connectivity index (χ0) is 27.9. The third kappa shape index (κ3) is 6.35. The zero-order valence-electron chi connectivity index (χ0n) is 22.7. The minimum atomic E-state index is -0.858. The number of nitrogens with zero attached hydrogens (tertiary/aromatic N) is 1. The highest BCUT2D eigenvalue weighted by atomic mass is 16.5. The Morgan fingerprint density at radius 2 is 1.55 bits per heavy atom. The molecule has 0 aliphatic heterocycles. The summed E-state index contributed by atoms with van der Waals surface area (Å²) in [6.07, 6.45) is 0.650. The van der Waals surface area contributed by atoms with Crippen LogP contribution in [0.3, 0.4) is 0 Å². The van der Waals surface area contributed by atoms with E-state index in [1.165, 1.54) is 11.1 Å². The van der Waals surface area contributed by atoms with Gasteiger partial charge in [-0.1, -0.05) is 78.9 Å². The summed E-state index contributed by atoms with van der Waals surface area (Å²) in [7, 11) is 3.33. The molecule has 0 aliphatic carbocycles. The van der Waals surface area contributed by atoms with E-state index >= 15 is 0 Å². The molecular formula is C34H33NO5. The first-order valence-electron chi connectivity index (χ1n) is 13.3. The Balaban J connectivity index is 1.50. The highest BCUT2D eigenvalue weighted by molar-refractivity contribution is 5.80. The Morgan fingerprint density at radius 1 is 0.850 bits per heavy atom. The third-order valence-corrected chi connectivity index (χ3v) is 7.10. The largest absolute Gasteiger partial charge is 0.497 e. The lowest BCUT2D eigenvalue weighted by Gasteiger charge is -2.33. The second-order valence-corrected chi connectivity index (χ2v) is 9.78. The number of carboxylic acids is 1. The maximum Gasteiger partial charge on any atom is 0.307 e. The van der Waals surface area contributed by atoms with Crippen LogP contribution in [0.5, 0.6) is 11.5 Å². The monoisotopic (exact) mass is 535 g/mol. The van der Waals surface area contributed by atoms with Gasteiger partial charge in [-0.15, -0.1) is 0 Å². The Morgan fingerprint density at radius 3 is 2.17 bits per heavy atom. The van der Waals surface area contributed by atoms with Gasteiger partial charge in [-0.3, -0.25) is 9.69 Å². The van der Waals surface area contributed by atoms with Gasteiger partial charge in [0.15, 0.2) is 0 Å². The molecule has 1 N–H and O–H groups in total. The molecular weight excluding hydrogens is 502 g/mol. The van der Waals surface area contributed by atoms with Gasteiger partial charge in [0.05, 0.1) is 26.7 Å². The van der Waals surface area contributed by atoms with Crippen LogP contribution in [-0.4, -0.2) is 36.7 Å². The Hall–Kier alpha value is -4.55. The number of benzene rings is 4. The standard InChI is InChI=1S/C34H33NO5/c1-38-29-16-15-28(31(22-29)39-2)23-35(34(25-9-5-3-6-10-25)26-11-7-4-8-12-26)18-17-30-21-27-14-13-24(20-33(36)37)19-32(27)40-30/h3-16,19,21-22,34H,17-18,20,23H2,1-2H3,(H,36,37). The number of carboxylic acid groups (broad SMARTS) is 1. The van der Waals surface area contributed by atoms with E-state index in [2.05, 4.69) is 59.5 Å². The summed E-state index contributed by atoms with van der Waals surface area (Å²) < 4.78 is 17.4. The topological polar surface area (TPSA) is 72.1 Å². The average Bonchev–Trinajstić information content (AvgIpc) is 3.39. The molecule has 1 aromatic heterocycles. The fourth-order valence-corrected chi connectivity index (χ4v) is 5.18. The summed E-state index contributed by atoms with van der Waals surface area (Å²) in [4.78, 5) is 13.6. The molecule has 40 heavy (non-hydrogen) atoms. The molecule has 0 unspecified atom stereocenters. The summed E-state index contributed by atoms with van der Waals surface area (Å²) in [5.74, 6) is 1.52. The van der Waals surface area contributed by atoms with E-state index in [1.54, 1.807) is 14.2 Å². The Labute approximate surface area is 234 Å². The molecule has 5 aromatic rings. The number of fused-ring (bicyclic) bond motifs is 1. The highest BCUT2D eigenvalue weighted by Crippen LogP contribution is 2.33. The van der Waals surface area contributed by atoms with E-state index in [0.29, 0.717) is 25.1 Å². The molecule has 0 spiro atoms. The molecule has 0 aliphatic rings. The first kappa shape index (κ1) is 27.0. The molecule has 5 rings (SSSR count). The lowest BCUT2D eigenvalue weighted by atomic mass is 9.96. The van der Waals surface area contributed by atoms with E-state index < -0.39 is 5.97 Å². The van der Waals surface area contributed by atoms with Crippen LogP contribution in [0, 0.1) is 0 Å². The third-order valence-electron chi connectivity index (χ3n) is 7.10. The summed E-state index contributed by atoms with van der Waals surface area (Å²) in [5, 5.41) is 10.1. The summed E-state index contributed by atoms with van der Waals surface area (Å²) in [6, 6.07) is 34.6. The second-order valence-electron chi connectivity index (χ2n) is 9.78. The number of rotatable bonds is 12. The van der Waals surface area contributed by atoms with E-state index in [1.807, 2.05) is 48.5 Å². The number of hydrogen-bond donors (Lipinski definition) is 1. The molecule has 0 fully saturated rings. The van der Waals surface area contributed by atoms with Gasteiger partial charge < -0.3 is 19.0 Å². The fourth-order valence-electron chi connectivity index (χ4n) is 5.18. The second kappa shape index (κ2) is 12.5. The summed E-state index contributed by atoms with van der Waals surface area (Å²) >= 11 is 0. The van der Waals surface area contributed by atoms with Crippen molar-refractivity contribution in [3.05, 3.63) is 131 Å². The quantitative estimate of drug-likeness (QED) is 0.187.